The van der Waals surface area contributed by atoms with Crippen LogP contribution in [-0.4, -0.2) is 47.0 Å². The van der Waals surface area contributed by atoms with E-state index in [-0.39, 0.29) is 11.3 Å². The topological polar surface area (TPSA) is 49.3 Å². The molecule has 1 aromatic carbocycles. The molecule has 0 spiro atoms. The zero-order valence-corrected chi connectivity index (χ0v) is 19.4. The van der Waals surface area contributed by atoms with Gasteiger partial charge in [0.05, 0.1) is 0 Å². The van der Waals surface area contributed by atoms with Crippen molar-refractivity contribution in [1.82, 2.24) is 14.9 Å². The van der Waals surface area contributed by atoms with Gasteiger partial charge in [0.1, 0.15) is 5.82 Å². The number of hydrogen-bond acceptors (Lipinski definition) is 4. The Morgan fingerprint density at radius 2 is 1.77 bits per heavy atom. The normalized spacial score (nSPS) is 15.9. The van der Waals surface area contributed by atoms with Crippen molar-refractivity contribution >= 4 is 11.7 Å². The van der Waals surface area contributed by atoms with Crippen LogP contribution < -0.4 is 4.90 Å². The van der Waals surface area contributed by atoms with Crippen LogP contribution in [0.4, 0.5) is 5.82 Å². The van der Waals surface area contributed by atoms with Gasteiger partial charge in [-0.05, 0) is 37.7 Å². The highest BCUT2D eigenvalue weighted by molar-refractivity contribution is 5.76. The number of hydrogen-bond donors (Lipinski definition) is 0. The van der Waals surface area contributed by atoms with Gasteiger partial charge in [0.15, 0.2) is 5.82 Å². The summed E-state index contributed by atoms with van der Waals surface area (Å²) in [6.07, 6.45) is 1.71. The Kier molecular flexibility index (Phi) is 6.79. The highest BCUT2D eigenvalue weighted by Gasteiger charge is 2.25. The zero-order chi connectivity index (χ0) is 21.9. The standard InChI is InChI=1S/C25H36N4O/c1-18-8-7-9-21(14-18)24-26-20(3)16-22(27-24)28-10-12-29(13-11-28)23(30)15-19(2)17-25(4,5)6/h7-9,14,16,19H,10-13,15,17H2,1-6H3/t19-/m0/s1. The fourth-order valence-corrected chi connectivity index (χ4v) is 4.36. The maximum atomic E-state index is 12.7. The monoisotopic (exact) mass is 408 g/mol. The van der Waals surface area contributed by atoms with Gasteiger partial charge in [-0.3, -0.25) is 4.79 Å². The van der Waals surface area contributed by atoms with Crippen LogP contribution in [0.3, 0.4) is 0 Å². The lowest BCUT2D eigenvalue weighted by molar-refractivity contribution is -0.132. The summed E-state index contributed by atoms with van der Waals surface area (Å²) in [5.41, 5.74) is 3.47. The molecule has 1 aliphatic rings. The van der Waals surface area contributed by atoms with E-state index >= 15 is 0 Å². The van der Waals surface area contributed by atoms with Crippen molar-refractivity contribution in [3.8, 4) is 11.4 Å². The van der Waals surface area contributed by atoms with Crippen molar-refractivity contribution in [2.75, 3.05) is 31.1 Å². The number of rotatable bonds is 5. The molecule has 1 fully saturated rings. The molecule has 1 aromatic heterocycles. The molecule has 5 heteroatoms. The van der Waals surface area contributed by atoms with Gasteiger partial charge in [-0.2, -0.15) is 0 Å². The van der Waals surface area contributed by atoms with Gasteiger partial charge in [-0.1, -0.05) is 51.5 Å². The summed E-state index contributed by atoms with van der Waals surface area (Å²) in [7, 11) is 0. The largest absolute Gasteiger partial charge is 0.353 e. The van der Waals surface area contributed by atoms with Gasteiger partial charge in [0, 0.05) is 49.9 Å². The van der Waals surface area contributed by atoms with Gasteiger partial charge in [0.2, 0.25) is 5.91 Å². The van der Waals surface area contributed by atoms with E-state index in [0.29, 0.717) is 12.3 Å². The van der Waals surface area contributed by atoms with Crippen LogP contribution in [0.25, 0.3) is 11.4 Å². The second-order valence-corrected chi connectivity index (χ2v) is 10.0. The summed E-state index contributed by atoms with van der Waals surface area (Å²) in [5.74, 6) is 2.41. The van der Waals surface area contributed by atoms with E-state index in [1.54, 1.807) is 0 Å². The molecule has 1 saturated heterocycles. The Hall–Kier alpha value is -2.43. The van der Waals surface area contributed by atoms with Gasteiger partial charge in [0.25, 0.3) is 0 Å². The number of aromatic nitrogens is 2. The first kappa shape index (κ1) is 22.3. The molecule has 0 unspecified atom stereocenters. The van der Waals surface area contributed by atoms with Crippen molar-refractivity contribution in [2.24, 2.45) is 11.3 Å². The summed E-state index contributed by atoms with van der Waals surface area (Å²) in [6.45, 7) is 16.1. The summed E-state index contributed by atoms with van der Waals surface area (Å²) in [4.78, 5) is 26.5. The number of aryl methyl sites for hydroxylation is 2. The smallest absolute Gasteiger partial charge is 0.222 e. The van der Waals surface area contributed by atoms with E-state index in [1.807, 2.05) is 24.0 Å². The Bertz CT molecular complexity index is 879. The van der Waals surface area contributed by atoms with Gasteiger partial charge in [-0.25, -0.2) is 9.97 Å². The second-order valence-electron chi connectivity index (χ2n) is 10.0. The average Bonchev–Trinajstić information content (AvgIpc) is 2.66. The lowest BCUT2D eigenvalue weighted by atomic mass is 9.84. The number of benzene rings is 1. The van der Waals surface area contributed by atoms with Crippen molar-refractivity contribution in [2.45, 2.75) is 54.4 Å². The number of carbonyl (C=O) groups excluding carboxylic acids is 1. The molecule has 0 saturated carbocycles. The van der Waals surface area contributed by atoms with E-state index in [1.165, 1.54) is 5.56 Å². The zero-order valence-electron chi connectivity index (χ0n) is 19.4. The molecule has 1 amide bonds. The molecular weight excluding hydrogens is 372 g/mol. The third kappa shape index (κ3) is 6.04. The number of piperazine rings is 1. The minimum Gasteiger partial charge on any atom is -0.353 e. The molecule has 30 heavy (non-hydrogen) atoms. The van der Waals surface area contributed by atoms with E-state index in [2.05, 4.69) is 62.7 Å². The Labute approximate surface area is 181 Å². The first-order chi connectivity index (χ1) is 14.1. The van der Waals surface area contributed by atoms with Crippen LogP contribution >= 0.6 is 0 Å². The van der Waals surface area contributed by atoms with Crippen molar-refractivity contribution < 1.29 is 4.79 Å². The molecule has 0 aliphatic carbocycles. The third-order valence-corrected chi connectivity index (χ3v) is 5.56. The molecule has 2 heterocycles. The van der Waals surface area contributed by atoms with E-state index in [9.17, 15) is 4.79 Å². The van der Waals surface area contributed by atoms with Crippen LogP contribution in [0.2, 0.25) is 0 Å². The first-order valence-corrected chi connectivity index (χ1v) is 11.1. The fraction of sp³-hybridized carbons (Fsp3) is 0.560. The van der Waals surface area contributed by atoms with Gasteiger partial charge in [-0.15, -0.1) is 0 Å². The Morgan fingerprint density at radius 1 is 1.07 bits per heavy atom. The number of anilines is 1. The number of nitrogens with zero attached hydrogens (tertiary/aromatic N) is 4. The Morgan fingerprint density at radius 3 is 2.40 bits per heavy atom. The lowest BCUT2D eigenvalue weighted by Crippen LogP contribution is -2.49. The van der Waals surface area contributed by atoms with Crippen molar-refractivity contribution in [3.63, 3.8) is 0 Å². The molecule has 0 bridgehead atoms. The van der Waals surface area contributed by atoms with Crippen molar-refractivity contribution in [1.29, 1.82) is 0 Å². The second kappa shape index (κ2) is 9.15. The van der Waals surface area contributed by atoms with Crippen LogP contribution in [0.5, 0.6) is 0 Å². The SMILES string of the molecule is Cc1cccc(-c2nc(C)cc(N3CCN(C(=O)C[C@H](C)CC(C)(C)C)CC3)n2)c1. The molecule has 2 aromatic rings. The molecular formula is C25H36N4O. The summed E-state index contributed by atoms with van der Waals surface area (Å²) < 4.78 is 0. The molecule has 3 rings (SSSR count). The summed E-state index contributed by atoms with van der Waals surface area (Å²) in [6, 6.07) is 10.3. The molecule has 5 nitrogen and oxygen atoms in total. The fourth-order valence-electron chi connectivity index (χ4n) is 4.36. The van der Waals surface area contributed by atoms with Crippen LogP contribution in [0, 0.1) is 25.2 Å². The maximum Gasteiger partial charge on any atom is 0.222 e. The predicted octanol–water partition coefficient (Wildman–Crippen LogP) is 4.87. The van der Waals surface area contributed by atoms with Crippen LogP contribution in [0.1, 0.15) is 51.8 Å². The summed E-state index contributed by atoms with van der Waals surface area (Å²) >= 11 is 0. The number of carbonyl (C=O) groups is 1. The molecule has 1 atom stereocenters. The van der Waals surface area contributed by atoms with E-state index in [0.717, 1.165) is 55.5 Å². The van der Waals surface area contributed by atoms with Crippen molar-refractivity contribution in [3.05, 3.63) is 41.6 Å². The minimum absolute atomic E-state index is 0.262. The quantitative estimate of drug-likeness (QED) is 0.708. The number of amides is 1. The van der Waals surface area contributed by atoms with Gasteiger partial charge >= 0.3 is 0 Å². The third-order valence-electron chi connectivity index (χ3n) is 5.56. The molecule has 0 N–H and O–H groups in total. The molecule has 1 aliphatic heterocycles. The Balaban J connectivity index is 1.63. The highest BCUT2D eigenvalue weighted by Crippen LogP contribution is 2.27. The van der Waals surface area contributed by atoms with E-state index < -0.39 is 0 Å². The molecule has 162 valence electrons. The van der Waals surface area contributed by atoms with Crippen LogP contribution in [-0.2, 0) is 4.79 Å². The van der Waals surface area contributed by atoms with Gasteiger partial charge < -0.3 is 9.80 Å². The van der Waals surface area contributed by atoms with E-state index in [4.69, 9.17) is 4.98 Å². The first-order valence-electron chi connectivity index (χ1n) is 11.1. The predicted molar refractivity (Wildman–Crippen MR) is 124 cm³/mol. The highest BCUT2D eigenvalue weighted by atomic mass is 16.2. The minimum atomic E-state index is 0.262. The van der Waals surface area contributed by atoms with Crippen LogP contribution in [0.15, 0.2) is 30.3 Å². The lowest BCUT2D eigenvalue weighted by Gasteiger charge is -2.36. The maximum absolute atomic E-state index is 12.7. The summed E-state index contributed by atoms with van der Waals surface area (Å²) in [5, 5.41) is 0. The average molecular weight is 409 g/mol. The molecule has 0 radical (unpaired) electrons.